The Bertz CT molecular complexity index is 1190. The van der Waals surface area contributed by atoms with E-state index in [1.807, 2.05) is 0 Å². The van der Waals surface area contributed by atoms with Crippen LogP contribution in [0.1, 0.15) is 17.8 Å². The number of nitrogens with two attached hydrogens (primary N) is 1. The van der Waals surface area contributed by atoms with Crippen LogP contribution >= 0.6 is 0 Å². The van der Waals surface area contributed by atoms with Crippen LogP contribution < -0.4 is 15.8 Å². The molecule has 0 fully saturated rings. The number of hydrogen-bond donors (Lipinski definition) is 2. The molecule has 3 aromatic rings. The number of ether oxygens (including phenoxy) is 1. The highest BCUT2D eigenvalue weighted by molar-refractivity contribution is 5.85. The van der Waals surface area contributed by atoms with E-state index >= 15 is 0 Å². The van der Waals surface area contributed by atoms with Crippen LogP contribution in [-0.4, -0.2) is 40.2 Å². The van der Waals surface area contributed by atoms with Gasteiger partial charge in [-0.2, -0.15) is 18.2 Å². The predicted octanol–water partition coefficient (Wildman–Crippen LogP) is 4.23. The lowest BCUT2D eigenvalue weighted by Gasteiger charge is -2.16. The molecule has 180 valence electrons. The van der Waals surface area contributed by atoms with Gasteiger partial charge in [0.15, 0.2) is 6.61 Å². The summed E-state index contributed by atoms with van der Waals surface area (Å²) in [5, 5.41) is 1.64. The van der Waals surface area contributed by atoms with E-state index in [2.05, 4.69) is 15.0 Å². The van der Waals surface area contributed by atoms with E-state index in [-0.39, 0.29) is 34.3 Å². The molecule has 13 heteroatoms. The highest BCUT2D eigenvalue weighted by Crippen LogP contribution is 2.39. The summed E-state index contributed by atoms with van der Waals surface area (Å²) in [6, 6.07) is 7.43. The number of benzene rings is 1. The van der Waals surface area contributed by atoms with Crippen molar-refractivity contribution >= 4 is 11.9 Å². The second-order valence-corrected chi connectivity index (χ2v) is 7.02. The Morgan fingerprint density at radius 2 is 1.76 bits per heavy atom. The molecule has 0 aliphatic heterocycles. The van der Waals surface area contributed by atoms with Gasteiger partial charge in [0.1, 0.15) is 18.1 Å². The SMILES string of the molecule is Cc1cc(-c2c(OCC(=O)NCC(F)(F)F)nc(N)nc2-c2ccc(F)cc2)cc(C(F)F)n1. The predicted molar refractivity (Wildman–Crippen MR) is 109 cm³/mol. The Balaban J connectivity index is 2.10. The van der Waals surface area contributed by atoms with Crippen molar-refractivity contribution in [2.75, 3.05) is 18.9 Å². The number of aromatic nitrogens is 3. The quantitative estimate of drug-likeness (QED) is 0.486. The van der Waals surface area contributed by atoms with Crippen LogP contribution in [-0.2, 0) is 4.79 Å². The first kappa shape index (κ1) is 24.7. The Morgan fingerprint density at radius 3 is 2.38 bits per heavy atom. The molecule has 3 N–H and O–H groups in total. The first-order valence-corrected chi connectivity index (χ1v) is 9.60. The highest BCUT2D eigenvalue weighted by atomic mass is 19.4. The maximum atomic E-state index is 13.4. The number of halogens is 6. The number of hydrogen-bond acceptors (Lipinski definition) is 6. The molecule has 0 atom stereocenters. The van der Waals surface area contributed by atoms with Crippen LogP contribution in [0.3, 0.4) is 0 Å². The van der Waals surface area contributed by atoms with Crippen molar-refractivity contribution in [2.45, 2.75) is 19.5 Å². The monoisotopic (exact) mass is 485 g/mol. The zero-order chi connectivity index (χ0) is 25.0. The number of nitrogens with one attached hydrogen (secondary N) is 1. The van der Waals surface area contributed by atoms with Gasteiger partial charge in [0, 0.05) is 11.3 Å². The second-order valence-electron chi connectivity index (χ2n) is 7.02. The van der Waals surface area contributed by atoms with Crippen LogP contribution in [0.2, 0.25) is 0 Å². The number of alkyl halides is 5. The summed E-state index contributed by atoms with van der Waals surface area (Å²) in [7, 11) is 0. The first-order chi connectivity index (χ1) is 15.9. The van der Waals surface area contributed by atoms with Crippen molar-refractivity contribution in [1.82, 2.24) is 20.3 Å². The minimum atomic E-state index is -4.63. The maximum absolute atomic E-state index is 13.4. The summed E-state index contributed by atoms with van der Waals surface area (Å²) in [5.74, 6) is -2.35. The van der Waals surface area contributed by atoms with Gasteiger partial charge in [0.2, 0.25) is 11.8 Å². The molecule has 0 unspecified atom stereocenters. The standard InChI is InChI=1S/C21H17F6N5O2/c1-10-6-12(7-14(30-10)18(23)24)16-17(11-2-4-13(22)5-3-11)31-20(28)32-19(16)34-8-15(33)29-9-21(25,26)27/h2-7,18H,8-9H2,1H3,(H,29,33)(H2,28,31,32). The van der Waals surface area contributed by atoms with E-state index in [0.29, 0.717) is 5.56 Å². The molecule has 7 nitrogen and oxygen atoms in total. The fraction of sp³-hybridized carbons (Fsp3) is 0.238. The highest BCUT2D eigenvalue weighted by Gasteiger charge is 2.28. The molecule has 0 aliphatic carbocycles. The van der Waals surface area contributed by atoms with Crippen LogP contribution in [0.4, 0.5) is 32.3 Å². The first-order valence-electron chi connectivity index (χ1n) is 9.60. The van der Waals surface area contributed by atoms with Gasteiger partial charge >= 0.3 is 6.18 Å². The Labute approximate surface area is 189 Å². The largest absolute Gasteiger partial charge is 0.467 e. The van der Waals surface area contributed by atoms with Crippen molar-refractivity contribution in [2.24, 2.45) is 0 Å². The fourth-order valence-electron chi connectivity index (χ4n) is 2.97. The summed E-state index contributed by atoms with van der Waals surface area (Å²) in [6.45, 7) is -0.986. The number of carbonyl (C=O) groups excluding carboxylic acids is 1. The van der Waals surface area contributed by atoms with Gasteiger partial charge in [0.25, 0.3) is 12.3 Å². The Hall–Kier alpha value is -3.90. The lowest BCUT2D eigenvalue weighted by atomic mass is 9.99. The third-order valence-electron chi connectivity index (χ3n) is 4.32. The van der Waals surface area contributed by atoms with Crippen molar-refractivity contribution in [3.05, 3.63) is 53.6 Å². The maximum Gasteiger partial charge on any atom is 0.405 e. The third kappa shape index (κ3) is 6.33. The average Bonchev–Trinajstić information content (AvgIpc) is 2.75. The minimum Gasteiger partial charge on any atom is -0.467 e. The van der Waals surface area contributed by atoms with Gasteiger partial charge < -0.3 is 15.8 Å². The van der Waals surface area contributed by atoms with Gasteiger partial charge in [-0.3, -0.25) is 9.78 Å². The smallest absolute Gasteiger partial charge is 0.405 e. The van der Waals surface area contributed by atoms with Crippen LogP contribution in [0.25, 0.3) is 22.4 Å². The van der Waals surface area contributed by atoms with Crippen LogP contribution in [0.5, 0.6) is 5.88 Å². The fourth-order valence-corrected chi connectivity index (χ4v) is 2.97. The summed E-state index contributed by atoms with van der Waals surface area (Å²) in [4.78, 5) is 23.6. The van der Waals surface area contributed by atoms with Crippen molar-refractivity contribution in [1.29, 1.82) is 0 Å². The number of nitrogen functional groups attached to an aromatic ring is 1. The molecule has 0 radical (unpaired) electrons. The van der Waals surface area contributed by atoms with Crippen molar-refractivity contribution in [3.63, 3.8) is 0 Å². The van der Waals surface area contributed by atoms with E-state index in [1.165, 1.54) is 25.1 Å². The van der Waals surface area contributed by atoms with Crippen LogP contribution in [0.15, 0.2) is 36.4 Å². The number of carbonyl (C=O) groups is 1. The van der Waals surface area contributed by atoms with Gasteiger partial charge in [-0.1, -0.05) is 0 Å². The molecule has 3 rings (SSSR count). The topological polar surface area (TPSA) is 103 Å². The number of aryl methyl sites for hydroxylation is 1. The summed E-state index contributed by atoms with van der Waals surface area (Å²) >= 11 is 0. The molecule has 2 aromatic heterocycles. The van der Waals surface area contributed by atoms with E-state index in [9.17, 15) is 31.1 Å². The molecule has 0 spiro atoms. The molecule has 1 amide bonds. The van der Waals surface area contributed by atoms with Crippen molar-refractivity contribution in [3.8, 4) is 28.3 Å². The number of pyridine rings is 1. The molecule has 0 bridgehead atoms. The zero-order valence-corrected chi connectivity index (χ0v) is 17.5. The van der Waals surface area contributed by atoms with E-state index < -0.39 is 43.2 Å². The summed E-state index contributed by atoms with van der Waals surface area (Å²) in [5.41, 5.74) is 5.89. The Kier molecular flexibility index (Phi) is 7.23. The summed E-state index contributed by atoms with van der Waals surface area (Å²) in [6.07, 6.45) is -7.55. The number of amides is 1. The zero-order valence-electron chi connectivity index (χ0n) is 17.5. The lowest BCUT2D eigenvalue weighted by molar-refractivity contribution is -0.139. The average molecular weight is 485 g/mol. The molecule has 34 heavy (non-hydrogen) atoms. The molecule has 0 saturated heterocycles. The molecule has 0 saturated carbocycles. The van der Waals surface area contributed by atoms with Gasteiger partial charge in [-0.15, -0.1) is 0 Å². The molecule has 1 aromatic carbocycles. The van der Waals surface area contributed by atoms with Gasteiger partial charge in [-0.25, -0.2) is 18.2 Å². The number of anilines is 1. The van der Waals surface area contributed by atoms with E-state index in [4.69, 9.17) is 10.5 Å². The van der Waals surface area contributed by atoms with E-state index in [0.717, 1.165) is 18.2 Å². The van der Waals surface area contributed by atoms with E-state index in [1.54, 1.807) is 5.32 Å². The number of nitrogens with zero attached hydrogens (tertiary/aromatic N) is 3. The Morgan fingerprint density at radius 1 is 1.09 bits per heavy atom. The molecular weight excluding hydrogens is 468 g/mol. The second kappa shape index (κ2) is 9.93. The number of rotatable bonds is 7. The van der Waals surface area contributed by atoms with Gasteiger partial charge in [0.05, 0.1) is 11.3 Å². The van der Waals surface area contributed by atoms with Gasteiger partial charge in [-0.05, 0) is 48.9 Å². The molecule has 0 aliphatic rings. The lowest BCUT2D eigenvalue weighted by Crippen LogP contribution is -2.36. The minimum absolute atomic E-state index is 0.0110. The molecule has 2 heterocycles. The normalized spacial score (nSPS) is 11.5. The third-order valence-corrected chi connectivity index (χ3v) is 4.32. The summed E-state index contributed by atoms with van der Waals surface area (Å²) < 4.78 is 82.6. The molecular formula is C21H17F6N5O2. The van der Waals surface area contributed by atoms with Crippen LogP contribution in [0, 0.1) is 12.7 Å². The van der Waals surface area contributed by atoms with Crippen molar-refractivity contribution < 1.29 is 35.9 Å².